The second kappa shape index (κ2) is 3.59. The van der Waals surface area contributed by atoms with Crippen LogP contribution in [0.3, 0.4) is 0 Å². The fraction of sp³-hybridized carbons (Fsp3) is 0.111. The monoisotopic (exact) mass is 261 g/mol. The zero-order valence-electron chi connectivity index (χ0n) is 8.21. The average Bonchev–Trinajstić information content (AvgIpc) is 2.54. The molecule has 8 heteroatoms. The summed E-state index contributed by atoms with van der Waals surface area (Å²) in [5, 5.41) is 0.303. The van der Waals surface area contributed by atoms with Crippen molar-refractivity contribution in [3.8, 4) is 0 Å². The van der Waals surface area contributed by atoms with Crippen molar-refractivity contribution in [2.45, 2.75) is 6.18 Å². The van der Waals surface area contributed by atoms with Crippen molar-refractivity contribution in [1.29, 1.82) is 0 Å². The van der Waals surface area contributed by atoms with Crippen LogP contribution >= 0.6 is 11.3 Å². The van der Waals surface area contributed by atoms with Gasteiger partial charge in [0.05, 0.1) is 5.69 Å². The van der Waals surface area contributed by atoms with Crippen LogP contribution in [-0.4, -0.2) is 10.9 Å². The van der Waals surface area contributed by atoms with Crippen molar-refractivity contribution in [2.24, 2.45) is 5.73 Å². The van der Waals surface area contributed by atoms with Crippen LogP contribution in [0, 0.1) is 0 Å². The van der Waals surface area contributed by atoms with Gasteiger partial charge in [-0.05, 0) is 12.1 Å². The first kappa shape index (κ1) is 11.6. The summed E-state index contributed by atoms with van der Waals surface area (Å²) in [7, 11) is 0. The van der Waals surface area contributed by atoms with Gasteiger partial charge >= 0.3 is 6.18 Å². The predicted octanol–water partition coefficient (Wildman–Crippen LogP) is 2.00. The van der Waals surface area contributed by atoms with E-state index >= 15 is 0 Å². The quantitative estimate of drug-likeness (QED) is 0.823. The van der Waals surface area contributed by atoms with E-state index < -0.39 is 17.8 Å². The van der Waals surface area contributed by atoms with E-state index in [1.807, 2.05) is 0 Å². The van der Waals surface area contributed by atoms with Gasteiger partial charge in [-0.1, -0.05) is 0 Å². The number of primary amides is 1. The number of rotatable bonds is 1. The lowest BCUT2D eigenvalue weighted by Gasteiger charge is -2.04. The number of aromatic nitrogens is 1. The Morgan fingerprint density at radius 3 is 2.53 bits per heavy atom. The second-order valence-corrected chi connectivity index (χ2v) is 4.26. The van der Waals surface area contributed by atoms with Gasteiger partial charge in [-0.2, -0.15) is 13.2 Å². The zero-order valence-corrected chi connectivity index (χ0v) is 9.02. The molecule has 0 spiro atoms. The third-order valence-corrected chi connectivity index (χ3v) is 3.24. The highest BCUT2D eigenvalue weighted by molar-refractivity contribution is 7.21. The Morgan fingerprint density at radius 1 is 1.35 bits per heavy atom. The lowest BCUT2D eigenvalue weighted by atomic mass is 10.2. The highest BCUT2D eigenvalue weighted by Gasteiger charge is 2.33. The maximum absolute atomic E-state index is 12.4. The molecule has 0 aliphatic carbocycles. The number of halogens is 3. The molecule has 0 aliphatic rings. The van der Waals surface area contributed by atoms with Crippen molar-refractivity contribution in [3.63, 3.8) is 0 Å². The molecule has 90 valence electrons. The van der Waals surface area contributed by atoms with Gasteiger partial charge in [0.2, 0.25) is 0 Å². The first-order valence-corrected chi connectivity index (χ1v) is 5.18. The highest BCUT2D eigenvalue weighted by Crippen LogP contribution is 2.35. The maximum atomic E-state index is 12.4. The SMILES string of the molecule is NC(=O)c1sc2nc(C(F)(F)F)ccc2c1N. The number of amides is 1. The summed E-state index contributed by atoms with van der Waals surface area (Å²) in [4.78, 5) is 14.5. The first-order valence-electron chi connectivity index (χ1n) is 4.36. The van der Waals surface area contributed by atoms with Gasteiger partial charge in [-0.25, -0.2) is 4.98 Å². The molecule has 17 heavy (non-hydrogen) atoms. The Bertz CT molecular complexity index is 605. The van der Waals surface area contributed by atoms with E-state index in [0.29, 0.717) is 5.39 Å². The third-order valence-electron chi connectivity index (χ3n) is 2.11. The molecule has 4 N–H and O–H groups in total. The molecule has 0 bridgehead atoms. The van der Waals surface area contributed by atoms with Crippen molar-refractivity contribution < 1.29 is 18.0 Å². The van der Waals surface area contributed by atoms with Gasteiger partial charge in [0, 0.05) is 5.39 Å². The number of thiophene rings is 1. The number of anilines is 1. The van der Waals surface area contributed by atoms with E-state index in [9.17, 15) is 18.0 Å². The molecule has 0 fully saturated rings. The van der Waals surface area contributed by atoms with Gasteiger partial charge in [-0.15, -0.1) is 11.3 Å². The minimum atomic E-state index is -4.53. The van der Waals surface area contributed by atoms with Crippen LogP contribution in [-0.2, 0) is 6.18 Å². The lowest BCUT2D eigenvalue weighted by molar-refractivity contribution is -0.140. The molecular weight excluding hydrogens is 255 g/mol. The molecule has 1 amide bonds. The molecule has 2 aromatic rings. The minimum absolute atomic E-state index is 0.0202. The Morgan fingerprint density at radius 2 is 2.00 bits per heavy atom. The van der Waals surface area contributed by atoms with Crippen LogP contribution in [0.1, 0.15) is 15.4 Å². The molecule has 0 saturated carbocycles. The topological polar surface area (TPSA) is 82.0 Å². The predicted molar refractivity (Wildman–Crippen MR) is 57.6 cm³/mol. The Hall–Kier alpha value is -1.83. The van der Waals surface area contributed by atoms with Crippen molar-refractivity contribution in [3.05, 3.63) is 22.7 Å². The summed E-state index contributed by atoms with van der Waals surface area (Å²) in [6.45, 7) is 0. The second-order valence-electron chi connectivity index (χ2n) is 3.26. The van der Waals surface area contributed by atoms with Gasteiger partial charge in [-0.3, -0.25) is 4.79 Å². The van der Waals surface area contributed by atoms with E-state index in [0.717, 1.165) is 17.4 Å². The standard InChI is InChI=1S/C9H6F3N3OS/c10-9(11,12)4-2-1-3-5(13)6(7(14)16)17-8(3)15-4/h1-2H,13H2,(H2,14,16). The average molecular weight is 261 g/mol. The molecule has 0 atom stereocenters. The van der Waals surface area contributed by atoms with Crippen molar-refractivity contribution in [1.82, 2.24) is 4.98 Å². The third kappa shape index (κ3) is 1.91. The van der Waals surface area contributed by atoms with Crippen LogP contribution in [0.15, 0.2) is 12.1 Å². The Kier molecular flexibility index (Phi) is 2.46. The molecule has 0 unspecified atom stereocenters. The number of alkyl halides is 3. The van der Waals surface area contributed by atoms with Gasteiger partial charge in [0.25, 0.3) is 5.91 Å². The number of hydrogen-bond acceptors (Lipinski definition) is 4. The van der Waals surface area contributed by atoms with E-state index in [4.69, 9.17) is 11.5 Å². The van der Waals surface area contributed by atoms with E-state index in [2.05, 4.69) is 4.98 Å². The largest absolute Gasteiger partial charge is 0.433 e. The van der Waals surface area contributed by atoms with Crippen LogP contribution in [0.5, 0.6) is 0 Å². The van der Waals surface area contributed by atoms with Crippen LogP contribution < -0.4 is 11.5 Å². The molecule has 0 aromatic carbocycles. The molecule has 4 nitrogen and oxygen atoms in total. The normalized spacial score (nSPS) is 11.9. The number of nitrogen functional groups attached to an aromatic ring is 1. The highest BCUT2D eigenvalue weighted by atomic mass is 32.1. The lowest BCUT2D eigenvalue weighted by Crippen LogP contribution is -2.10. The summed E-state index contributed by atoms with van der Waals surface area (Å²) in [6, 6.07) is 2.00. The van der Waals surface area contributed by atoms with E-state index in [1.165, 1.54) is 6.07 Å². The summed E-state index contributed by atoms with van der Waals surface area (Å²) in [5.74, 6) is -0.779. The number of nitrogens with two attached hydrogens (primary N) is 2. The molecule has 0 saturated heterocycles. The van der Waals surface area contributed by atoms with E-state index in [1.54, 1.807) is 0 Å². The smallest absolute Gasteiger partial charge is 0.397 e. The molecule has 2 rings (SSSR count). The number of pyridine rings is 1. The molecule has 0 aliphatic heterocycles. The van der Waals surface area contributed by atoms with Gasteiger partial charge in [0.15, 0.2) is 0 Å². The fourth-order valence-corrected chi connectivity index (χ4v) is 2.28. The number of carbonyl (C=O) groups is 1. The summed E-state index contributed by atoms with van der Waals surface area (Å²) < 4.78 is 37.2. The Balaban J connectivity index is 2.68. The summed E-state index contributed by atoms with van der Waals surface area (Å²) in [5.41, 5.74) is 9.67. The number of carbonyl (C=O) groups excluding carboxylic acids is 1. The molecule has 2 heterocycles. The first-order chi connectivity index (χ1) is 7.80. The van der Waals surface area contributed by atoms with Crippen molar-refractivity contribution >= 4 is 33.1 Å². The molecule has 2 aromatic heterocycles. The Labute approximate surface area is 97.0 Å². The number of fused-ring (bicyclic) bond motifs is 1. The zero-order chi connectivity index (χ0) is 12.8. The van der Waals surface area contributed by atoms with Crippen molar-refractivity contribution in [2.75, 3.05) is 5.73 Å². The molecular formula is C9H6F3N3OS. The van der Waals surface area contributed by atoms with Gasteiger partial charge < -0.3 is 11.5 Å². The number of hydrogen-bond donors (Lipinski definition) is 2. The van der Waals surface area contributed by atoms with Crippen LogP contribution in [0.25, 0.3) is 10.2 Å². The fourth-order valence-electron chi connectivity index (χ4n) is 1.34. The maximum Gasteiger partial charge on any atom is 0.433 e. The number of nitrogens with zero attached hydrogens (tertiary/aromatic N) is 1. The minimum Gasteiger partial charge on any atom is -0.397 e. The van der Waals surface area contributed by atoms with Gasteiger partial charge in [0.1, 0.15) is 15.4 Å². The summed E-state index contributed by atoms with van der Waals surface area (Å²) in [6.07, 6.45) is -4.53. The van der Waals surface area contributed by atoms with E-state index in [-0.39, 0.29) is 15.4 Å². The van der Waals surface area contributed by atoms with Crippen LogP contribution in [0.2, 0.25) is 0 Å². The summed E-state index contributed by atoms with van der Waals surface area (Å²) >= 11 is 0.752. The molecule has 0 radical (unpaired) electrons. The van der Waals surface area contributed by atoms with Crippen LogP contribution in [0.4, 0.5) is 18.9 Å².